The summed E-state index contributed by atoms with van der Waals surface area (Å²) in [4.78, 5) is 13.5. The molecule has 1 fully saturated rings. The van der Waals surface area contributed by atoms with Gasteiger partial charge in [0, 0.05) is 23.1 Å². The lowest BCUT2D eigenvalue weighted by Crippen LogP contribution is -2.24. The van der Waals surface area contributed by atoms with Crippen molar-refractivity contribution in [2.45, 2.75) is 13.0 Å². The Labute approximate surface area is 114 Å². The van der Waals surface area contributed by atoms with Gasteiger partial charge in [0.05, 0.1) is 13.0 Å². The standard InChI is InChI=1S/C13H15BrFNO2/c1-18-13(17)10-4-5-16(8-10)7-9-2-3-11(14)6-12(9)15/h2-3,6,10H,4-5,7-8H2,1H3. The minimum Gasteiger partial charge on any atom is -0.469 e. The van der Waals surface area contributed by atoms with Gasteiger partial charge in [0.25, 0.3) is 0 Å². The predicted octanol–water partition coefficient (Wildman–Crippen LogP) is 2.58. The second kappa shape index (κ2) is 5.80. The average molecular weight is 316 g/mol. The first-order valence-electron chi connectivity index (χ1n) is 5.84. The first-order chi connectivity index (χ1) is 8.60. The zero-order valence-corrected chi connectivity index (χ0v) is 11.7. The largest absolute Gasteiger partial charge is 0.469 e. The third-order valence-corrected chi connectivity index (χ3v) is 3.71. The van der Waals surface area contributed by atoms with Gasteiger partial charge in [-0.1, -0.05) is 22.0 Å². The number of carbonyl (C=O) groups excluding carboxylic acids is 1. The first kappa shape index (κ1) is 13.5. The maximum Gasteiger partial charge on any atom is 0.310 e. The summed E-state index contributed by atoms with van der Waals surface area (Å²) >= 11 is 3.23. The van der Waals surface area contributed by atoms with Crippen LogP contribution in [-0.4, -0.2) is 31.1 Å². The minimum absolute atomic E-state index is 0.0755. The lowest BCUT2D eigenvalue weighted by Gasteiger charge is -2.16. The zero-order chi connectivity index (χ0) is 13.1. The van der Waals surface area contributed by atoms with Crippen LogP contribution in [0.25, 0.3) is 0 Å². The van der Waals surface area contributed by atoms with E-state index in [4.69, 9.17) is 4.74 Å². The molecule has 0 bridgehead atoms. The van der Waals surface area contributed by atoms with Crippen LogP contribution in [0.15, 0.2) is 22.7 Å². The van der Waals surface area contributed by atoms with E-state index in [-0.39, 0.29) is 17.7 Å². The van der Waals surface area contributed by atoms with Crippen molar-refractivity contribution in [1.82, 2.24) is 4.90 Å². The molecule has 0 aromatic heterocycles. The van der Waals surface area contributed by atoms with E-state index in [0.717, 1.165) is 17.4 Å². The summed E-state index contributed by atoms with van der Waals surface area (Å²) in [6.45, 7) is 1.98. The van der Waals surface area contributed by atoms with Crippen molar-refractivity contribution in [3.63, 3.8) is 0 Å². The van der Waals surface area contributed by atoms with Gasteiger partial charge in [0.15, 0.2) is 0 Å². The molecule has 5 heteroatoms. The molecule has 98 valence electrons. The normalized spacial score (nSPS) is 20.1. The lowest BCUT2D eigenvalue weighted by molar-refractivity contribution is -0.144. The van der Waals surface area contributed by atoms with Gasteiger partial charge in [-0.05, 0) is 25.1 Å². The van der Waals surface area contributed by atoms with E-state index in [2.05, 4.69) is 20.8 Å². The molecule has 0 radical (unpaired) electrons. The number of likely N-dealkylation sites (tertiary alicyclic amines) is 1. The number of ether oxygens (including phenoxy) is 1. The molecule has 0 N–H and O–H groups in total. The summed E-state index contributed by atoms with van der Waals surface area (Å²) in [5.41, 5.74) is 0.656. The smallest absolute Gasteiger partial charge is 0.310 e. The highest BCUT2D eigenvalue weighted by molar-refractivity contribution is 9.10. The Bertz CT molecular complexity index is 453. The molecule has 18 heavy (non-hydrogen) atoms. The van der Waals surface area contributed by atoms with Gasteiger partial charge in [-0.15, -0.1) is 0 Å². The van der Waals surface area contributed by atoms with Gasteiger partial charge in [0.1, 0.15) is 5.82 Å². The number of hydrogen-bond acceptors (Lipinski definition) is 3. The van der Waals surface area contributed by atoms with Crippen LogP contribution in [0, 0.1) is 11.7 Å². The second-order valence-electron chi connectivity index (χ2n) is 4.48. The first-order valence-corrected chi connectivity index (χ1v) is 6.63. The van der Waals surface area contributed by atoms with Crippen molar-refractivity contribution in [3.05, 3.63) is 34.1 Å². The molecule has 1 heterocycles. The topological polar surface area (TPSA) is 29.5 Å². The highest BCUT2D eigenvalue weighted by Gasteiger charge is 2.29. The summed E-state index contributed by atoms with van der Waals surface area (Å²) in [7, 11) is 1.40. The monoisotopic (exact) mass is 315 g/mol. The second-order valence-corrected chi connectivity index (χ2v) is 5.40. The van der Waals surface area contributed by atoms with E-state index in [1.165, 1.54) is 13.2 Å². The number of benzene rings is 1. The molecule has 0 spiro atoms. The molecule has 1 unspecified atom stereocenters. The Morgan fingerprint density at radius 3 is 3.06 bits per heavy atom. The van der Waals surface area contributed by atoms with Crippen molar-refractivity contribution in [2.75, 3.05) is 20.2 Å². The van der Waals surface area contributed by atoms with Crippen LogP contribution in [0.3, 0.4) is 0 Å². The van der Waals surface area contributed by atoms with Gasteiger partial charge in [-0.25, -0.2) is 4.39 Å². The maximum atomic E-state index is 13.7. The number of carbonyl (C=O) groups is 1. The van der Waals surface area contributed by atoms with E-state index in [1.807, 2.05) is 6.07 Å². The number of hydrogen-bond donors (Lipinski definition) is 0. The van der Waals surface area contributed by atoms with Crippen LogP contribution in [0.4, 0.5) is 4.39 Å². The Balaban J connectivity index is 1.97. The molecule has 1 aliphatic rings. The fourth-order valence-electron chi connectivity index (χ4n) is 2.23. The fraction of sp³-hybridized carbons (Fsp3) is 0.462. The Hall–Kier alpha value is -0.940. The molecule has 0 amide bonds. The van der Waals surface area contributed by atoms with Crippen molar-refractivity contribution in [3.8, 4) is 0 Å². The predicted molar refractivity (Wildman–Crippen MR) is 69.5 cm³/mol. The third kappa shape index (κ3) is 3.09. The third-order valence-electron chi connectivity index (χ3n) is 3.22. The summed E-state index contributed by atoms with van der Waals surface area (Å²) in [6, 6.07) is 5.06. The Kier molecular flexibility index (Phi) is 4.35. The molecule has 3 nitrogen and oxygen atoms in total. The molecule has 1 aliphatic heterocycles. The van der Waals surface area contributed by atoms with Gasteiger partial charge in [-0.2, -0.15) is 0 Å². The van der Waals surface area contributed by atoms with Crippen LogP contribution >= 0.6 is 15.9 Å². The summed E-state index contributed by atoms with van der Waals surface area (Å²) in [6.07, 6.45) is 0.783. The molecule has 0 aliphatic carbocycles. The van der Waals surface area contributed by atoms with Crippen LogP contribution in [0.5, 0.6) is 0 Å². The molecule has 1 saturated heterocycles. The maximum absolute atomic E-state index is 13.7. The zero-order valence-electron chi connectivity index (χ0n) is 10.2. The summed E-state index contributed by atoms with van der Waals surface area (Å²) in [5.74, 6) is -0.465. The van der Waals surface area contributed by atoms with Crippen molar-refractivity contribution >= 4 is 21.9 Å². The van der Waals surface area contributed by atoms with Crippen LogP contribution in [0.1, 0.15) is 12.0 Å². The molecular weight excluding hydrogens is 301 g/mol. The van der Waals surface area contributed by atoms with Crippen LogP contribution in [0.2, 0.25) is 0 Å². The van der Waals surface area contributed by atoms with Gasteiger partial charge < -0.3 is 4.74 Å². The minimum atomic E-state index is -0.217. The Morgan fingerprint density at radius 2 is 2.39 bits per heavy atom. The van der Waals surface area contributed by atoms with Gasteiger partial charge in [0.2, 0.25) is 0 Å². The lowest BCUT2D eigenvalue weighted by atomic mass is 10.1. The van der Waals surface area contributed by atoms with E-state index in [9.17, 15) is 9.18 Å². The van der Waals surface area contributed by atoms with Crippen molar-refractivity contribution in [1.29, 1.82) is 0 Å². The SMILES string of the molecule is COC(=O)C1CCN(Cc2ccc(Br)cc2F)C1. The quantitative estimate of drug-likeness (QED) is 0.803. The number of methoxy groups -OCH3 is 1. The summed E-state index contributed by atoms with van der Waals surface area (Å²) in [5, 5.41) is 0. The van der Waals surface area contributed by atoms with E-state index in [1.54, 1.807) is 6.07 Å². The molecule has 1 aromatic rings. The van der Waals surface area contributed by atoms with E-state index in [0.29, 0.717) is 18.7 Å². The van der Waals surface area contributed by atoms with Crippen LogP contribution < -0.4 is 0 Å². The number of esters is 1. The fourth-order valence-corrected chi connectivity index (χ4v) is 2.56. The van der Waals surface area contributed by atoms with Crippen LogP contribution in [-0.2, 0) is 16.1 Å². The summed E-state index contributed by atoms with van der Waals surface area (Å²) < 4.78 is 19.1. The molecule has 2 rings (SSSR count). The number of nitrogens with zero attached hydrogens (tertiary/aromatic N) is 1. The van der Waals surface area contributed by atoms with Crippen molar-refractivity contribution in [2.24, 2.45) is 5.92 Å². The molecule has 1 atom stereocenters. The highest BCUT2D eigenvalue weighted by atomic mass is 79.9. The molecule has 0 saturated carbocycles. The molecular formula is C13H15BrFNO2. The molecule has 1 aromatic carbocycles. The Morgan fingerprint density at radius 1 is 1.61 bits per heavy atom. The van der Waals surface area contributed by atoms with E-state index < -0.39 is 0 Å². The average Bonchev–Trinajstić information content (AvgIpc) is 2.80. The number of halogens is 2. The van der Waals surface area contributed by atoms with Crippen molar-refractivity contribution < 1.29 is 13.9 Å². The number of rotatable bonds is 3. The van der Waals surface area contributed by atoms with Gasteiger partial charge in [-0.3, -0.25) is 9.69 Å². The van der Waals surface area contributed by atoms with Gasteiger partial charge >= 0.3 is 5.97 Å². The highest BCUT2D eigenvalue weighted by Crippen LogP contribution is 2.22. The van der Waals surface area contributed by atoms with E-state index >= 15 is 0 Å².